The van der Waals surface area contributed by atoms with Crippen LogP contribution in [0, 0.1) is 0 Å². The lowest BCUT2D eigenvalue weighted by atomic mass is 9.91. The summed E-state index contributed by atoms with van der Waals surface area (Å²) in [4.78, 5) is 10.0. The van der Waals surface area contributed by atoms with Crippen molar-refractivity contribution >= 4 is 83.1 Å². The topological polar surface area (TPSA) is 47.3 Å². The third-order valence-corrected chi connectivity index (χ3v) is 13.0. The van der Waals surface area contributed by atoms with E-state index in [9.17, 15) is 0 Å². The Bertz CT molecular complexity index is 2870. The minimum Gasteiger partial charge on any atom is -0.309 e. The monoisotopic (exact) mass is 645 g/mol. The summed E-state index contributed by atoms with van der Waals surface area (Å²) in [6.07, 6.45) is 1.86. The van der Waals surface area contributed by atoms with Gasteiger partial charge in [-0.05, 0) is 69.1 Å². The lowest BCUT2D eigenvalue weighted by molar-refractivity contribution is 0.593. The fourth-order valence-corrected chi connectivity index (χ4v) is 10.8. The molecule has 0 radical (unpaired) electrons. The molecule has 0 bridgehead atoms. The first-order chi connectivity index (χ1) is 24.2. The van der Waals surface area contributed by atoms with Crippen LogP contribution >= 0.6 is 7.14 Å². The SMILES string of the molecule is O=P(c1ccccc1)(c1ccccc1)c1c2ccccc2c(-c2ccc3c(c2)c2ncccc2n2c4ccccc4nc32)c2ccccc12. The van der Waals surface area contributed by atoms with E-state index in [0.717, 1.165) is 87.1 Å². The molecule has 10 rings (SSSR count). The number of imidazole rings is 1. The molecular formula is C44H28N3OP. The lowest BCUT2D eigenvalue weighted by Crippen LogP contribution is -2.26. The summed E-state index contributed by atoms with van der Waals surface area (Å²) >= 11 is 0. The molecule has 7 aromatic carbocycles. The second kappa shape index (κ2) is 10.7. The maximum atomic E-state index is 16.0. The van der Waals surface area contributed by atoms with Gasteiger partial charge in [-0.15, -0.1) is 0 Å². The maximum Gasteiger partial charge on any atom is 0.172 e. The number of rotatable bonds is 4. The number of fused-ring (bicyclic) bond motifs is 10. The molecule has 0 spiro atoms. The van der Waals surface area contributed by atoms with E-state index in [4.69, 9.17) is 9.97 Å². The zero-order chi connectivity index (χ0) is 32.5. The molecule has 0 fully saturated rings. The molecule has 3 heterocycles. The van der Waals surface area contributed by atoms with Gasteiger partial charge in [-0.25, -0.2) is 4.98 Å². The van der Waals surface area contributed by atoms with Crippen LogP contribution in [0.15, 0.2) is 170 Å². The molecule has 0 aliphatic carbocycles. The van der Waals surface area contributed by atoms with Crippen molar-refractivity contribution < 1.29 is 4.57 Å². The van der Waals surface area contributed by atoms with Crippen molar-refractivity contribution in [2.45, 2.75) is 0 Å². The van der Waals surface area contributed by atoms with Gasteiger partial charge in [0.15, 0.2) is 7.14 Å². The predicted octanol–water partition coefficient (Wildman–Crippen LogP) is 9.80. The average molecular weight is 646 g/mol. The van der Waals surface area contributed by atoms with E-state index in [1.807, 2.05) is 79.0 Å². The van der Waals surface area contributed by atoms with E-state index in [-0.39, 0.29) is 0 Å². The van der Waals surface area contributed by atoms with Crippen molar-refractivity contribution in [2.75, 3.05) is 0 Å². The molecule has 3 aromatic heterocycles. The molecule has 0 saturated heterocycles. The molecule has 0 aliphatic rings. The molecule has 4 nitrogen and oxygen atoms in total. The van der Waals surface area contributed by atoms with E-state index >= 15 is 4.57 Å². The molecule has 0 saturated carbocycles. The first kappa shape index (κ1) is 28.0. The zero-order valence-electron chi connectivity index (χ0n) is 26.4. The second-order valence-electron chi connectivity index (χ2n) is 12.5. The van der Waals surface area contributed by atoms with Gasteiger partial charge in [0.05, 0.1) is 22.1 Å². The molecule has 5 heteroatoms. The lowest BCUT2D eigenvalue weighted by Gasteiger charge is -2.25. The van der Waals surface area contributed by atoms with Crippen molar-refractivity contribution in [2.24, 2.45) is 0 Å². The quantitative estimate of drug-likeness (QED) is 0.109. The smallest absolute Gasteiger partial charge is 0.172 e. The summed E-state index contributed by atoms with van der Waals surface area (Å²) in [5.41, 5.74) is 7.08. The highest BCUT2D eigenvalue weighted by molar-refractivity contribution is 7.86. The van der Waals surface area contributed by atoms with Gasteiger partial charge >= 0.3 is 0 Å². The first-order valence-electron chi connectivity index (χ1n) is 16.5. The zero-order valence-corrected chi connectivity index (χ0v) is 27.3. The van der Waals surface area contributed by atoms with Crippen LogP contribution in [0.25, 0.3) is 71.2 Å². The van der Waals surface area contributed by atoms with Gasteiger partial charge in [0.1, 0.15) is 5.65 Å². The fourth-order valence-electron chi connectivity index (χ4n) is 7.76. The Kier molecular flexibility index (Phi) is 6.12. The number of nitrogens with zero attached hydrogens (tertiary/aromatic N) is 3. The van der Waals surface area contributed by atoms with Gasteiger partial charge < -0.3 is 4.57 Å². The Morgan fingerprint density at radius 2 is 1.06 bits per heavy atom. The maximum absolute atomic E-state index is 16.0. The average Bonchev–Trinajstić information content (AvgIpc) is 3.57. The number of para-hydroxylation sites is 2. The molecule has 0 unspecified atom stereocenters. The Hall–Kier alpha value is -6.09. The molecule has 49 heavy (non-hydrogen) atoms. The number of aromatic nitrogens is 3. The molecule has 10 aromatic rings. The van der Waals surface area contributed by atoms with Crippen LogP contribution < -0.4 is 15.9 Å². The van der Waals surface area contributed by atoms with Crippen LogP contribution in [0.2, 0.25) is 0 Å². The Morgan fingerprint density at radius 3 is 1.73 bits per heavy atom. The van der Waals surface area contributed by atoms with Crippen molar-refractivity contribution in [3.8, 4) is 11.1 Å². The Labute approximate surface area is 282 Å². The van der Waals surface area contributed by atoms with Gasteiger partial charge in [0.2, 0.25) is 0 Å². The van der Waals surface area contributed by atoms with Crippen molar-refractivity contribution in [3.63, 3.8) is 0 Å². The number of hydrogen-bond donors (Lipinski definition) is 0. The Morgan fingerprint density at radius 1 is 0.490 bits per heavy atom. The van der Waals surface area contributed by atoms with E-state index in [1.54, 1.807) is 0 Å². The Balaban J connectivity index is 1.33. The molecule has 0 aliphatic heterocycles. The van der Waals surface area contributed by atoms with Crippen LogP contribution in [0.1, 0.15) is 0 Å². The summed E-state index contributed by atoms with van der Waals surface area (Å²) in [7, 11) is -3.31. The fraction of sp³-hybridized carbons (Fsp3) is 0. The summed E-state index contributed by atoms with van der Waals surface area (Å²) < 4.78 is 18.2. The third-order valence-electron chi connectivity index (χ3n) is 9.85. The highest BCUT2D eigenvalue weighted by atomic mass is 31.2. The van der Waals surface area contributed by atoms with Gasteiger partial charge in [-0.1, -0.05) is 127 Å². The normalized spacial score (nSPS) is 12.2. The van der Waals surface area contributed by atoms with Gasteiger partial charge in [0.25, 0.3) is 0 Å². The largest absolute Gasteiger partial charge is 0.309 e. The standard InChI is InChI=1S/C44H28N3OP/c48-49(30-14-3-1-4-15-30,31-16-5-2-6-17-31)43-34-20-9-7-18-32(34)41(33-19-8-10-21-35(33)43)29-25-26-36-37(28-29)42-40(24-13-27-45-42)47-39-23-12-11-22-38(39)46-44(36)47/h1-28H. The minimum absolute atomic E-state index is 0.823. The van der Waals surface area contributed by atoms with Crippen molar-refractivity contribution in [3.05, 3.63) is 170 Å². The van der Waals surface area contributed by atoms with E-state index < -0.39 is 7.14 Å². The molecule has 0 N–H and O–H groups in total. The van der Waals surface area contributed by atoms with Crippen LogP contribution in [-0.2, 0) is 4.57 Å². The molecule has 0 atom stereocenters. The van der Waals surface area contributed by atoms with Crippen LogP contribution in [0.4, 0.5) is 0 Å². The number of hydrogen-bond acceptors (Lipinski definition) is 3. The van der Waals surface area contributed by atoms with Gasteiger partial charge in [-0.3, -0.25) is 9.38 Å². The predicted molar refractivity (Wildman–Crippen MR) is 205 cm³/mol. The summed E-state index contributed by atoms with van der Waals surface area (Å²) in [6, 6.07) is 55.9. The van der Waals surface area contributed by atoms with Crippen LogP contribution in [-0.4, -0.2) is 14.4 Å². The summed E-state index contributed by atoms with van der Waals surface area (Å²) in [6.45, 7) is 0. The first-order valence-corrected chi connectivity index (χ1v) is 18.2. The molecule has 0 amide bonds. The number of benzene rings is 7. The van der Waals surface area contributed by atoms with Crippen LogP contribution in [0.5, 0.6) is 0 Å². The van der Waals surface area contributed by atoms with Crippen LogP contribution in [0.3, 0.4) is 0 Å². The summed E-state index contributed by atoms with van der Waals surface area (Å²) in [5.74, 6) is 0. The minimum atomic E-state index is -3.31. The molecular weight excluding hydrogens is 617 g/mol. The van der Waals surface area contributed by atoms with E-state index in [1.165, 1.54) is 0 Å². The van der Waals surface area contributed by atoms with E-state index in [2.05, 4.69) is 95.4 Å². The molecule has 230 valence electrons. The van der Waals surface area contributed by atoms with Crippen molar-refractivity contribution in [1.29, 1.82) is 0 Å². The number of pyridine rings is 2. The van der Waals surface area contributed by atoms with Gasteiger partial charge in [-0.2, -0.15) is 0 Å². The third kappa shape index (κ3) is 4.02. The van der Waals surface area contributed by atoms with Crippen molar-refractivity contribution in [1.82, 2.24) is 14.4 Å². The highest BCUT2D eigenvalue weighted by Crippen LogP contribution is 2.49. The highest BCUT2D eigenvalue weighted by Gasteiger charge is 2.34. The van der Waals surface area contributed by atoms with E-state index in [0.29, 0.717) is 0 Å². The second-order valence-corrected chi connectivity index (χ2v) is 15.2. The summed E-state index contributed by atoms with van der Waals surface area (Å²) in [5, 5.41) is 8.72. The van der Waals surface area contributed by atoms with Gasteiger partial charge in [0, 0.05) is 32.9 Å².